The fourth-order valence-corrected chi connectivity index (χ4v) is 5.95. The smallest absolute Gasteiger partial charge is 0.414 e. The first kappa shape index (κ1) is 25.9. The minimum absolute atomic E-state index is 0.0677. The van der Waals surface area contributed by atoms with Crippen molar-refractivity contribution in [1.82, 2.24) is 19.5 Å². The number of hydrogen-bond acceptors (Lipinski definition) is 14. The van der Waals surface area contributed by atoms with Gasteiger partial charge in [-0.15, -0.1) is 0 Å². The lowest BCUT2D eigenvalue weighted by atomic mass is 9.69. The van der Waals surface area contributed by atoms with Crippen LogP contribution < -0.4 is 31.5 Å². The predicted molar refractivity (Wildman–Crippen MR) is 128 cm³/mol. The van der Waals surface area contributed by atoms with Crippen molar-refractivity contribution >= 4 is 48.6 Å². The van der Waals surface area contributed by atoms with E-state index < -0.39 is 51.8 Å². The van der Waals surface area contributed by atoms with Gasteiger partial charge in [-0.1, -0.05) is 17.1 Å². The molecule has 2 aromatic heterocycles. The van der Waals surface area contributed by atoms with Crippen LogP contribution in [0.4, 0.5) is 5.82 Å². The summed E-state index contributed by atoms with van der Waals surface area (Å²) in [4.78, 5) is 35.0. The lowest BCUT2D eigenvalue weighted by Gasteiger charge is -2.36. The van der Waals surface area contributed by atoms with Gasteiger partial charge in [0.25, 0.3) is 0 Å². The largest absolute Gasteiger partial charge is 0.790 e. The summed E-state index contributed by atoms with van der Waals surface area (Å²) in [6.07, 6.45) is -1.82. The molecule has 15 nitrogen and oxygen atoms in total. The Morgan fingerprint density at radius 2 is 2.00 bits per heavy atom. The molecule has 3 aliphatic heterocycles. The number of anilines is 1. The van der Waals surface area contributed by atoms with Crippen molar-refractivity contribution in [3.8, 4) is 5.75 Å². The molecule has 1 aromatic carbocycles. The standard InChI is InChI=1S/C20H24BClN6O9P/c1-2-32-10-4-3-9(22)13-11(5-23)35-21(14(10)13)36-16-12(6-33-38(29,30)31)34-20(17(16)37-21)28-8-27-15-18(24)25-7-26-19(15)28/h3-4,7-8,11-12,16-17,20H,2,5-6,23H2,1H3,(H2,24,25,26)(H2,29,30,31)/q-1/p-2/t11-,12-,16-,17-,20-,21+/m1/s1. The number of halogens is 1. The van der Waals surface area contributed by atoms with E-state index >= 15 is 0 Å². The SMILES string of the molecule is CCOc1ccc(Cl)c2c1[B@-]1(O[C@@H]3[C@H](O1)[C@@H](COP(=O)([O-])[O-])O[C@H]3n1cnc3c(N)ncnc31)O[C@@H]2CN. The number of nitrogens with two attached hydrogens (primary N) is 2. The number of phosphoric ester groups is 1. The molecule has 0 unspecified atom stereocenters. The van der Waals surface area contributed by atoms with Crippen LogP contribution in [0.25, 0.3) is 11.2 Å². The fraction of sp³-hybridized carbons (Fsp3) is 0.450. The molecule has 38 heavy (non-hydrogen) atoms. The van der Waals surface area contributed by atoms with Crippen molar-refractivity contribution in [2.45, 2.75) is 37.6 Å². The lowest BCUT2D eigenvalue weighted by Crippen LogP contribution is -2.52. The summed E-state index contributed by atoms with van der Waals surface area (Å²) < 4.78 is 48.5. The molecule has 3 aliphatic rings. The maximum atomic E-state index is 11.3. The van der Waals surface area contributed by atoms with E-state index in [-0.39, 0.29) is 12.4 Å². The molecule has 18 heteroatoms. The number of imidazole rings is 1. The van der Waals surface area contributed by atoms with Crippen molar-refractivity contribution in [1.29, 1.82) is 0 Å². The van der Waals surface area contributed by atoms with Gasteiger partial charge < -0.3 is 53.8 Å². The van der Waals surface area contributed by atoms with Crippen LogP contribution in [-0.2, 0) is 27.8 Å². The van der Waals surface area contributed by atoms with Crippen LogP contribution in [0, 0.1) is 0 Å². The van der Waals surface area contributed by atoms with Crippen LogP contribution in [0.3, 0.4) is 0 Å². The van der Waals surface area contributed by atoms with Gasteiger partial charge in [0.15, 0.2) is 17.7 Å². The van der Waals surface area contributed by atoms with Crippen LogP contribution in [0.5, 0.6) is 5.75 Å². The van der Waals surface area contributed by atoms with Gasteiger partial charge in [0.05, 0.1) is 51.4 Å². The first-order chi connectivity index (χ1) is 18.2. The Hall–Kier alpha value is -2.37. The zero-order valence-corrected chi connectivity index (χ0v) is 21.5. The molecule has 0 aliphatic carbocycles. The Bertz CT molecular complexity index is 1440. The number of nitrogen functional groups attached to an aromatic ring is 1. The summed E-state index contributed by atoms with van der Waals surface area (Å²) in [6, 6.07) is 3.35. The zero-order chi connectivity index (χ0) is 26.8. The zero-order valence-electron chi connectivity index (χ0n) is 19.8. The van der Waals surface area contributed by atoms with Crippen molar-refractivity contribution in [2.24, 2.45) is 5.73 Å². The summed E-state index contributed by atoms with van der Waals surface area (Å²) in [7, 11) is -5.32. The third-order valence-corrected chi connectivity index (χ3v) is 7.54. The van der Waals surface area contributed by atoms with E-state index in [0.29, 0.717) is 39.6 Å². The van der Waals surface area contributed by atoms with E-state index in [1.807, 2.05) is 6.92 Å². The molecule has 6 atom stereocenters. The number of ether oxygens (including phenoxy) is 2. The highest BCUT2D eigenvalue weighted by atomic mass is 35.5. The van der Waals surface area contributed by atoms with Gasteiger partial charge >= 0.3 is 6.75 Å². The normalized spacial score (nSPS) is 30.3. The summed E-state index contributed by atoms with van der Waals surface area (Å²) >= 11 is 6.54. The highest BCUT2D eigenvalue weighted by Crippen LogP contribution is 2.49. The Morgan fingerprint density at radius 3 is 2.74 bits per heavy atom. The van der Waals surface area contributed by atoms with Gasteiger partial charge in [-0.05, 0) is 24.6 Å². The lowest BCUT2D eigenvalue weighted by molar-refractivity contribution is -0.343. The van der Waals surface area contributed by atoms with Crippen molar-refractivity contribution in [3.63, 3.8) is 0 Å². The molecule has 0 bridgehead atoms. The third kappa shape index (κ3) is 4.09. The van der Waals surface area contributed by atoms with Crippen LogP contribution in [0.1, 0.15) is 24.8 Å². The van der Waals surface area contributed by atoms with Crippen molar-refractivity contribution < 1.29 is 42.3 Å². The van der Waals surface area contributed by atoms with Gasteiger partial charge in [0, 0.05) is 11.6 Å². The van der Waals surface area contributed by atoms with Gasteiger partial charge in [0.2, 0.25) is 0 Å². The Morgan fingerprint density at radius 1 is 1.21 bits per heavy atom. The van der Waals surface area contributed by atoms with Crippen LogP contribution in [0.15, 0.2) is 24.8 Å². The maximum absolute atomic E-state index is 11.3. The highest BCUT2D eigenvalue weighted by Gasteiger charge is 2.60. The first-order valence-corrected chi connectivity index (χ1v) is 13.6. The third-order valence-electron chi connectivity index (χ3n) is 6.74. The topological polar surface area (TPSA) is 214 Å². The highest BCUT2D eigenvalue weighted by molar-refractivity contribution is 7.43. The molecule has 2 fully saturated rings. The van der Waals surface area contributed by atoms with Crippen LogP contribution in [0.2, 0.25) is 5.02 Å². The summed E-state index contributed by atoms with van der Waals surface area (Å²) in [5.41, 5.74) is 13.6. The summed E-state index contributed by atoms with van der Waals surface area (Å²) in [6.45, 7) is -1.10. The van der Waals surface area contributed by atoms with E-state index in [4.69, 9.17) is 46.5 Å². The Labute approximate surface area is 220 Å². The number of nitrogens with zero attached hydrogens (tertiary/aromatic N) is 4. The van der Waals surface area contributed by atoms with Crippen molar-refractivity contribution in [3.05, 3.63) is 35.4 Å². The average Bonchev–Trinajstić information content (AvgIpc) is 3.61. The number of rotatable bonds is 7. The molecule has 1 spiro atoms. The molecule has 0 amide bonds. The molecule has 4 N–H and O–H groups in total. The van der Waals surface area contributed by atoms with E-state index in [1.165, 1.54) is 12.7 Å². The molecule has 0 saturated carbocycles. The molecule has 3 aromatic rings. The number of hydrogen-bond donors (Lipinski definition) is 2. The monoisotopic (exact) mass is 567 g/mol. The van der Waals surface area contributed by atoms with Crippen LogP contribution >= 0.6 is 19.4 Å². The molecule has 5 heterocycles. The minimum Gasteiger partial charge on any atom is -0.790 e. The number of fused-ring (bicyclic) bond motifs is 4. The van der Waals surface area contributed by atoms with E-state index in [1.54, 1.807) is 16.7 Å². The van der Waals surface area contributed by atoms with E-state index in [2.05, 4.69) is 19.5 Å². The summed E-state index contributed by atoms with van der Waals surface area (Å²) in [5, 5.41) is 0.390. The fourth-order valence-electron chi connectivity index (χ4n) is 5.33. The van der Waals surface area contributed by atoms with Gasteiger partial charge in [-0.25, -0.2) is 15.0 Å². The number of benzene rings is 1. The first-order valence-electron chi connectivity index (χ1n) is 11.7. The quantitative estimate of drug-likeness (QED) is 0.255. The van der Waals surface area contributed by atoms with Crippen LogP contribution in [-0.4, -0.2) is 64.3 Å². The van der Waals surface area contributed by atoms with Gasteiger partial charge in [-0.2, -0.15) is 0 Å². The number of phosphoric acid groups is 1. The Balaban J connectivity index is 1.44. The summed E-state index contributed by atoms with van der Waals surface area (Å²) in [5.74, 6) is 0.589. The minimum atomic E-state index is -5.32. The molecular formula is C20H22BClN6O9P-3. The van der Waals surface area contributed by atoms with Crippen molar-refractivity contribution in [2.75, 3.05) is 25.5 Å². The van der Waals surface area contributed by atoms with Gasteiger partial charge in [0.1, 0.15) is 17.9 Å². The molecule has 0 radical (unpaired) electrons. The predicted octanol–water partition coefficient (Wildman–Crippen LogP) is -1.14. The second-order valence-electron chi connectivity index (χ2n) is 8.90. The second-order valence-corrected chi connectivity index (χ2v) is 10.5. The molecule has 204 valence electrons. The maximum Gasteiger partial charge on any atom is 0.414 e. The van der Waals surface area contributed by atoms with E-state index in [9.17, 15) is 14.4 Å². The number of aromatic nitrogens is 4. The second kappa shape index (κ2) is 9.38. The Kier molecular flexibility index (Phi) is 6.39. The van der Waals surface area contributed by atoms with Gasteiger partial charge in [-0.3, -0.25) is 4.57 Å². The molecular weight excluding hydrogens is 545 g/mol. The average molecular weight is 568 g/mol. The molecule has 2 saturated heterocycles. The molecule has 6 rings (SSSR count). The van der Waals surface area contributed by atoms with E-state index in [0.717, 1.165) is 0 Å².